The maximum Gasteiger partial charge on any atom is 0.285 e. The third-order valence-electron chi connectivity index (χ3n) is 4.93. The largest absolute Gasteiger partial charge is 0.508 e. The third kappa shape index (κ3) is 2.18. The lowest BCUT2D eigenvalue weighted by Crippen LogP contribution is -2.37. The number of phenolic OH excluding ortho intramolecular Hbond substituents is 1. The highest BCUT2D eigenvalue weighted by molar-refractivity contribution is 6.25. The number of likely N-dealkylation sites (tertiary alicyclic amines) is 1. The highest BCUT2D eigenvalue weighted by atomic mass is 16.5. The Bertz CT molecular complexity index is 856. The molecule has 1 saturated heterocycles. The fourth-order valence-corrected chi connectivity index (χ4v) is 3.70. The number of benzene rings is 2. The molecule has 2 aliphatic heterocycles. The zero-order valence-corrected chi connectivity index (χ0v) is 13.2. The fraction of sp³-hybridized carbons (Fsp3) is 0.333. The average Bonchev–Trinajstić information content (AvgIpc) is 2.61. The Morgan fingerprint density at radius 2 is 1.71 bits per heavy atom. The van der Waals surface area contributed by atoms with Crippen molar-refractivity contribution in [1.82, 2.24) is 9.96 Å². The highest BCUT2D eigenvalue weighted by Gasteiger charge is 2.33. The van der Waals surface area contributed by atoms with Crippen LogP contribution in [0.2, 0.25) is 0 Å². The lowest BCUT2D eigenvalue weighted by atomic mass is 9.91. The molecule has 0 spiro atoms. The van der Waals surface area contributed by atoms with Crippen molar-refractivity contribution in [3.63, 3.8) is 0 Å². The molecular weight excluding hydrogens is 308 g/mol. The number of rotatable bonds is 2. The maximum absolute atomic E-state index is 12.2. The molecule has 2 N–H and O–H groups in total. The van der Waals surface area contributed by atoms with Crippen molar-refractivity contribution >= 4 is 22.6 Å². The summed E-state index contributed by atoms with van der Waals surface area (Å²) in [6, 6.07) is 6.48. The van der Waals surface area contributed by atoms with Crippen LogP contribution in [0, 0.1) is 0 Å². The molecule has 2 heterocycles. The first-order chi connectivity index (χ1) is 11.6. The standard InChI is InChI=1S/C18H18N2O4/c21-15-9-13-16-11(14(15)10-19-7-2-1-3-8-19)5-4-6-12(16)17(22)20(24)18(13)23/h4-6,9,21,24H,1-3,7-8,10H2. The van der Waals surface area contributed by atoms with Gasteiger partial charge in [0.15, 0.2) is 0 Å². The van der Waals surface area contributed by atoms with Crippen molar-refractivity contribution < 1.29 is 19.9 Å². The molecule has 6 heteroatoms. The molecule has 4 rings (SSSR count). The molecule has 2 aromatic carbocycles. The summed E-state index contributed by atoms with van der Waals surface area (Å²) in [6.07, 6.45) is 3.50. The lowest BCUT2D eigenvalue weighted by Gasteiger charge is -2.28. The average molecular weight is 326 g/mol. The van der Waals surface area contributed by atoms with Crippen LogP contribution in [0.4, 0.5) is 0 Å². The second kappa shape index (κ2) is 5.58. The van der Waals surface area contributed by atoms with Gasteiger partial charge in [-0.05, 0) is 43.5 Å². The third-order valence-corrected chi connectivity index (χ3v) is 4.93. The molecule has 6 nitrogen and oxygen atoms in total. The smallest absolute Gasteiger partial charge is 0.285 e. The van der Waals surface area contributed by atoms with Crippen LogP contribution < -0.4 is 0 Å². The highest BCUT2D eigenvalue weighted by Crippen LogP contribution is 2.37. The summed E-state index contributed by atoms with van der Waals surface area (Å²) in [7, 11) is 0. The number of aromatic hydroxyl groups is 1. The monoisotopic (exact) mass is 326 g/mol. The second-order valence-electron chi connectivity index (χ2n) is 6.41. The molecule has 0 aliphatic carbocycles. The van der Waals surface area contributed by atoms with Gasteiger partial charge in [-0.1, -0.05) is 18.6 Å². The molecule has 0 unspecified atom stereocenters. The van der Waals surface area contributed by atoms with Crippen LogP contribution in [0.3, 0.4) is 0 Å². The molecule has 24 heavy (non-hydrogen) atoms. The Morgan fingerprint density at radius 3 is 2.46 bits per heavy atom. The van der Waals surface area contributed by atoms with E-state index < -0.39 is 11.8 Å². The van der Waals surface area contributed by atoms with E-state index >= 15 is 0 Å². The van der Waals surface area contributed by atoms with Gasteiger partial charge in [-0.2, -0.15) is 0 Å². The summed E-state index contributed by atoms with van der Waals surface area (Å²) in [5, 5.41) is 21.5. The Labute approximate surface area is 138 Å². The number of imide groups is 1. The normalized spacial score (nSPS) is 18.5. The van der Waals surface area contributed by atoms with Crippen LogP contribution in [0.15, 0.2) is 24.3 Å². The number of carbonyl (C=O) groups is 2. The number of hydrogen-bond donors (Lipinski definition) is 2. The zero-order valence-electron chi connectivity index (χ0n) is 13.2. The van der Waals surface area contributed by atoms with E-state index in [4.69, 9.17) is 0 Å². The van der Waals surface area contributed by atoms with Crippen LogP contribution in [0.1, 0.15) is 45.5 Å². The van der Waals surface area contributed by atoms with Gasteiger partial charge >= 0.3 is 0 Å². The number of phenols is 1. The van der Waals surface area contributed by atoms with E-state index in [2.05, 4.69) is 4.90 Å². The second-order valence-corrected chi connectivity index (χ2v) is 6.41. The number of carbonyl (C=O) groups excluding carboxylic acids is 2. The first-order valence-corrected chi connectivity index (χ1v) is 8.15. The summed E-state index contributed by atoms with van der Waals surface area (Å²) in [5.41, 5.74) is 1.16. The summed E-state index contributed by atoms with van der Waals surface area (Å²) >= 11 is 0. The van der Waals surface area contributed by atoms with Gasteiger partial charge in [0.2, 0.25) is 0 Å². The number of amides is 2. The van der Waals surface area contributed by atoms with Crippen molar-refractivity contribution in [2.24, 2.45) is 0 Å². The molecule has 2 amide bonds. The van der Waals surface area contributed by atoms with Gasteiger partial charge in [-0.15, -0.1) is 5.06 Å². The van der Waals surface area contributed by atoms with Gasteiger partial charge in [0.1, 0.15) is 5.75 Å². The first-order valence-electron chi connectivity index (χ1n) is 8.15. The number of nitrogens with zero attached hydrogens (tertiary/aromatic N) is 2. The fourth-order valence-electron chi connectivity index (χ4n) is 3.70. The quantitative estimate of drug-likeness (QED) is 0.655. The van der Waals surface area contributed by atoms with Crippen LogP contribution in [-0.4, -0.2) is 45.2 Å². The van der Waals surface area contributed by atoms with E-state index in [1.807, 2.05) is 6.07 Å². The summed E-state index contributed by atoms with van der Waals surface area (Å²) in [4.78, 5) is 26.7. The van der Waals surface area contributed by atoms with Crippen LogP contribution >= 0.6 is 0 Å². The Morgan fingerprint density at radius 1 is 1.00 bits per heavy atom. The SMILES string of the molecule is O=C1c2cccc3c(CN4CCCCC4)c(O)cc(c23)C(=O)N1O. The molecule has 2 aromatic rings. The van der Waals surface area contributed by atoms with Crippen molar-refractivity contribution in [2.75, 3.05) is 13.1 Å². The maximum atomic E-state index is 12.2. The van der Waals surface area contributed by atoms with E-state index in [1.54, 1.807) is 12.1 Å². The van der Waals surface area contributed by atoms with Crippen molar-refractivity contribution in [3.8, 4) is 5.75 Å². The molecular formula is C18H18N2O4. The van der Waals surface area contributed by atoms with Gasteiger partial charge < -0.3 is 5.11 Å². The number of hydrogen-bond acceptors (Lipinski definition) is 5. The minimum Gasteiger partial charge on any atom is -0.508 e. The molecule has 0 atom stereocenters. The van der Waals surface area contributed by atoms with Crippen molar-refractivity contribution in [2.45, 2.75) is 25.8 Å². The van der Waals surface area contributed by atoms with E-state index in [1.165, 1.54) is 12.5 Å². The zero-order chi connectivity index (χ0) is 16.8. The number of hydroxylamine groups is 2. The molecule has 1 fully saturated rings. The summed E-state index contributed by atoms with van der Waals surface area (Å²) in [6.45, 7) is 2.53. The van der Waals surface area contributed by atoms with Crippen molar-refractivity contribution in [3.05, 3.63) is 41.0 Å². The van der Waals surface area contributed by atoms with Gasteiger partial charge in [-0.3, -0.25) is 19.7 Å². The number of piperidine rings is 1. The van der Waals surface area contributed by atoms with Gasteiger partial charge in [0, 0.05) is 17.5 Å². The first kappa shape index (κ1) is 15.1. The van der Waals surface area contributed by atoms with Gasteiger partial charge in [0.05, 0.1) is 11.1 Å². The Balaban J connectivity index is 1.90. The van der Waals surface area contributed by atoms with E-state index in [-0.39, 0.29) is 21.9 Å². The van der Waals surface area contributed by atoms with Gasteiger partial charge in [0.25, 0.3) is 11.8 Å². The summed E-state index contributed by atoms with van der Waals surface area (Å²) in [5.74, 6) is -1.51. The predicted octanol–water partition coefficient (Wildman–Crippen LogP) is 2.52. The van der Waals surface area contributed by atoms with E-state index in [0.717, 1.165) is 31.5 Å². The molecule has 124 valence electrons. The van der Waals surface area contributed by atoms with E-state index in [0.29, 0.717) is 17.3 Å². The summed E-state index contributed by atoms with van der Waals surface area (Å²) < 4.78 is 0. The molecule has 0 aromatic heterocycles. The molecule has 0 saturated carbocycles. The predicted molar refractivity (Wildman–Crippen MR) is 87.0 cm³/mol. The topological polar surface area (TPSA) is 81.1 Å². The van der Waals surface area contributed by atoms with Crippen LogP contribution in [-0.2, 0) is 6.54 Å². The Hall–Kier alpha value is -2.44. The molecule has 0 bridgehead atoms. The lowest BCUT2D eigenvalue weighted by molar-refractivity contribution is -0.0377. The van der Waals surface area contributed by atoms with E-state index in [9.17, 15) is 19.9 Å². The minimum atomic E-state index is -0.802. The Kier molecular flexibility index (Phi) is 3.51. The van der Waals surface area contributed by atoms with Gasteiger partial charge in [-0.25, -0.2) is 0 Å². The minimum absolute atomic E-state index is 0.0244. The van der Waals surface area contributed by atoms with Crippen LogP contribution in [0.25, 0.3) is 10.8 Å². The van der Waals surface area contributed by atoms with Crippen molar-refractivity contribution in [1.29, 1.82) is 0 Å². The molecule has 0 radical (unpaired) electrons. The molecule has 2 aliphatic rings. The van der Waals surface area contributed by atoms with Crippen LogP contribution in [0.5, 0.6) is 5.75 Å².